The van der Waals surface area contributed by atoms with E-state index < -0.39 is 0 Å². The summed E-state index contributed by atoms with van der Waals surface area (Å²) in [5.41, 5.74) is 3.79. The lowest BCUT2D eigenvalue weighted by atomic mass is 10.1. The smallest absolute Gasteiger partial charge is 0.338 e. The van der Waals surface area contributed by atoms with Crippen molar-refractivity contribution in [1.29, 1.82) is 0 Å². The molecular weight excluding hydrogens is 340 g/mol. The van der Waals surface area contributed by atoms with E-state index in [1.54, 1.807) is 31.2 Å². The Morgan fingerprint density at radius 2 is 1.96 bits per heavy atom. The van der Waals surface area contributed by atoms with Gasteiger partial charge in [-0.15, -0.1) is 0 Å². The van der Waals surface area contributed by atoms with Crippen LogP contribution in [0.3, 0.4) is 0 Å². The molecule has 0 spiro atoms. The van der Waals surface area contributed by atoms with Crippen LogP contribution in [0.1, 0.15) is 39.0 Å². The van der Waals surface area contributed by atoms with E-state index in [1.807, 2.05) is 42.5 Å². The summed E-state index contributed by atoms with van der Waals surface area (Å²) in [6, 6.07) is 18.4. The van der Waals surface area contributed by atoms with Gasteiger partial charge in [0.15, 0.2) is 5.78 Å². The van der Waals surface area contributed by atoms with Crippen molar-refractivity contribution in [2.24, 2.45) is 0 Å². The number of allylic oxidation sites excluding steroid dienone is 1. The Hall–Kier alpha value is -3.40. The highest BCUT2D eigenvalue weighted by atomic mass is 16.5. The first-order chi connectivity index (χ1) is 13.2. The van der Waals surface area contributed by atoms with Gasteiger partial charge < -0.3 is 9.15 Å². The molecule has 27 heavy (non-hydrogen) atoms. The monoisotopic (exact) mass is 358 g/mol. The third kappa shape index (κ3) is 3.34. The normalized spacial score (nSPS) is 14.4. The van der Waals surface area contributed by atoms with E-state index in [9.17, 15) is 9.59 Å². The first-order valence-electron chi connectivity index (χ1n) is 8.86. The molecule has 0 fully saturated rings. The minimum absolute atomic E-state index is 0.0489. The molecule has 4 rings (SSSR count). The maximum Gasteiger partial charge on any atom is 0.338 e. The van der Waals surface area contributed by atoms with Gasteiger partial charge in [0.1, 0.15) is 11.5 Å². The fraction of sp³-hybridized carbons (Fsp3) is 0.130. The van der Waals surface area contributed by atoms with Gasteiger partial charge >= 0.3 is 5.97 Å². The number of carbonyl (C=O) groups excluding carboxylic acids is 2. The summed E-state index contributed by atoms with van der Waals surface area (Å²) in [5.74, 6) is 0.939. The largest absolute Gasteiger partial charge is 0.462 e. The number of ketones is 1. The molecule has 4 nitrogen and oxygen atoms in total. The zero-order valence-electron chi connectivity index (χ0n) is 14.9. The number of benzene rings is 2. The highest BCUT2D eigenvalue weighted by Crippen LogP contribution is 2.29. The van der Waals surface area contributed by atoms with Crippen molar-refractivity contribution in [2.45, 2.75) is 13.3 Å². The van der Waals surface area contributed by atoms with Crippen molar-refractivity contribution in [2.75, 3.05) is 6.61 Å². The Kier molecular flexibility index (Phi) is 4.47. The van der Waals surface area contributed by atoms with Crippen LogP contribution in [-0.2, 0) is 11.2 Å². The number of Topliss-reactive ketones (excluding diaryl/α,β-unsaturated/α-hetero) is 1. The number of esters is 1. The number of ether oxygens (including phenoxy) is 1. The molecule has 1 heterocycles. The highest BCUT2D eigenvalue weighted by molar-refractivity contribution is 6.15. The number of hydrogen-bond donors (Lipinski definition) is 0. The van der Waals surface area contributed by atoms with Crippen molar-refractivity contribution >= 4 is 17.8 Å². The lowest BCUT2D eigenvalue weighted by molar-refractivity contribution is 0.0526. The molecule has 2 aromatic carbocycles. The van der Waals surface area contributed by atoms with Crippen LogP contribution >= 0.6 is 0 Å². The predicted molar refractivity (Wildman–Crippen MR) is 103 cm³/mol. The Morgan fingerprint density at radius 1 is 1.11 bits per heavy atom. The average Bonchev–Trinajstić information content (AvgIpc) is 3.28. The highest BCUT2D eigenvalue weighted by Gasteiger charge is 2.24. The van der Waals surface area contributed by atoms with Gasteiger partial charge in [0.2, 0.25) is 0 Å². The summed E-state index contributed by atoms with van der Waals surface area (Å²) in [4.78, 5) is 24.4. The number of carbonyl (C=O) groups is 2. The second kappa shape index (κ2) is 7.08. The Morgan fingerprint density at radius 3 is 2.78 bits per heavy atom. The molecule has 0 atom stereocenters. The van der Waals surface area contributed by atoms with Gasteiger partial charge in [-0.2, -0.15) is 0 Å². The zero-order chi connectivity index (χ0) is 18.8. The molecule has 4 heteroatoms. The van der Waals surface area contributed by atoms with Gasteiger partial charge in [-0.3, -0.25) is 4.79 Å². The van der Waals surface area contributed by atoms with Crippen molar-refractivity contribution in [1.82, 2.24) is 0 Å². The topological polar surface area (TPSA) is 56.5 Å². The van der Waals surface area contributed by atoms with Crippen molar-refractivity contribution in [3.63, 3.8) is 0 Å². The Labute approximate surface area is 157 Å². The molecule has 134 valence electrons. The summed E-state index contributed by atoms with van der Waals surface area (Å²) < 4.78 is 10.9. The quantitative estimate of drug-likeness (QED) is 0.489. The number of fused-ring (bicyclic) bond motifs is 1. The Balaban J connectivity index is 1.59. The molecule has 3 aromatic rings. The maximum atomic E-state index is 12.5. The van der Waals surface area contributed by atoms with Crippen LogP contribution in [0.15, 0.2) is 70.7 Å². The molecule has 0 unspecified atom stereocenters. The second-order valence-electron chi connectivity index (χ2n) is 6.34. The summed E-state index contributed by atoms with van der Waals surface area (Å²) in [6.07, 6.45) is 2.41. The molecule has 1 aliphatic rings. The van der Waals surface area contributed by atoms with Gasteiger partial charge in [0, 0.05) is 23.1 Å². The van der Waals surface area contributed by atoms with Crippen LogP contribution in [0, 0.1) is 0 Å². The van der Waals surface area contributed by atoms with Crippen LogP contribution in [0.2, 0.25) is 0 Å². The van der Waals surface area contributed by atoms with Gasteiger partial charge in [0.25, 0.3) is 0 Å². The first kappa shape index (κ1) is 17.0. The van der Waals surface area contributed by atoms with E-state index in [4.69, 9.17) is 9.15 Å². The lowest BCUT2D eigenvalue weighted by Crippen LogP contribution is -2.04. The third-order valence-electron chi connectivity index (χ3n) is 4.54. The van der Waals surface area contributed by atoms with Gasteiger partial charge in [-0.25, -0.2) is 4.79 Å². The summed E-state index contributed by atoms with van der Waals surface area (Å²) in [7, 11) is 0. The second-order valence-corrected chi connectivity index (χ2v) is 6.34. The van der Waals surface area contributed by atoms with Crippen LogP contribution in [0.4, 0.5) is 0 Å². The van der Waals surface area contributed by atoms with Crippen LogP contribution in [-0.4, -0.2) is 18.4 Å². The van der Waals surface area contributed by atoms with E-state index in [-0.39, 0.29) is 11.8 Å². The maximum absolute atomic E-state index is 12.5. The SMILES string of the molecule is CCOC(=O)c1cccc(-c2ccc(/C=C3\Cc4ccccc4C3=O)o2)c1. The van der Waals surface area contributed by atoms with E-state index in [0.29, 0.717) is 30.1 Å². The summed E-state index contributed by atoms with van der Waals surface area (Å²) in [6.45, 7) is 2.11. The van der Waals surface area contributed by atoms with E-state index in [0.717, 1.165) is 22.3 Å². The number of hydrogen-bond acceptors (Lipinski definition) is 4. The molecule has 0 amide bonds. The van der Waals surface area contributed by atoms with E-state index >= 15 is 0 Å². The van der Waals surface area contributed by atoms with Gasteiger partial charge in [0.05, 0.1) is 12.2 Å². The minimum atomic E-state index is -0.359. The third-order valence-corrected chi connectivity index (χ3v) is 4.54. The van der Waals surface area contributed by atoms with E-state index in [2.05, 4.69) is 0 Å². The van der Waals surface area contributed by atoms with Crippen molar-refractivity contribution in [3.05, 3.63) is 88.7 Å². The lowest BCUT2D eigenvalue weighted by Gasteiger charge is -2.03. The number of furan rings is 1. The predicted octanol–water partition coefficient (Wildman–Crippen LogP) is 4.95. The molecule has 0 N–H and O–H groups in total. The van der Waals surface area contributed by atoms with Gasteiger partial charge in [-0.1, -0.05) is 36.4 Å². The van der Waals surface area contributed by atoms with Crippen molar-refractivity contribution < 1.29 is 18.7 Å². The minimum Gasteiger partial charge on any atom is -0.462 e. The molecule has 0 radical (unpaired) electrons. The van der Waals surface area contributed by atoms with Crippen LogP contribution < -0.4 is 0 Å². The fourth-order valence-electron chi connectivity index (χ4n) is 3.24. The molecule has 0 saturated carbocycles. The van der Waals surface area contributed by atoms with E-state index in [1.165, 1.54) is 0 Å². The first-order valence-corrected chi connectivity index (χ1v) is 8.86. The van der Waals surface area contributed by atoms with Crippen LogP contribution in [0.25, 0.3) is 17.4 Å². The molecule has 0 bridgehead atoms. The molecule has 1 aliphatic carbocycles. The molecule has 0 aliphatic heterocycles. The van der Waals surface area contributed by atoms with Crippen molar-refractivity contribution in [3.8, 4) is 11.3 Å². The summed E-state index contributed by atoms with van der Waals surface area (Å²) >= 11 is 0. The zero-order valence-corrected chi connectivity index (χ0v) is 14.9. The van der Waals surface area contributed by atoms with Crippen LogP contribution in [0.5, 0.6) is 0 Å². The fourth-order valence-corrected chi connectivity index (χ4v) is 3.24. The number of rotatable bonds is 4. The molecule has 0 saturated heterocycles. The molecule has 1 aromatic heterocycles. The average molecular weight is 358 g/mol. The summed E-state index contributed by atoms with van der Waals surface area (Å²) in [5, 5.41) is 0. The standard InChI is InChI=1S/C23H18O4/c1-2-26-23(25)17-8-5-7-16(13-17)21-11-10-19(27-21)14-18-12-15-6-3-4-9-20(15)22(18)24/h3-11,13-14H,2,12H2,1H3/b18-14+. The Bertz CT molecular complexity index is 1060. The van der Waals surface area contributed by atoms with Gasteiger partial charge in [-0.05, 0) is 42.8 Å². The molecular formula is C23H18O4.